The van der Waals surface area contributed by atoms with Crippen LogP contribution in [-0.2, 0) is 29.2 Å². The molecular weight excluding hydrogens is 360 g/mol. The fourth-order valence-corrected chi connectivity index (χ4v) is 3.65. The summed E-state index contributed by atoms with van der Waals surface area (Å²) in [5.41, 5.74) is 1.76. The molecule has 1 saturated heterocycles. The second kappa shape index (κ2) is 9.07. The highest BCUT2D eigenvalue weighted by Gasteiger charge is 2.23. The number of rotatable bonds is 5. The molecule has 1 aromatic rings. The van der Waals surface area contributed by atoms with Gasteiger partial charge in [0.1, 0.15) is 0 Å². The lowest BCUT2D eigenvalue weighted by Crippen LogP contribution is -2.43. The zero-order valence-corrected chi connectivity index (χ0v) is 16.8. The first-order valence-electron chi connectivity index (χ1n) is 10.0. The number of likely N-dealkylation sites (tertiary alicyclic amines) is 1. The van der Waals surface area contributed by atoms with Crippen molar-refractivity contribution < 1.29 is 14.4 Å². The van der Waals surface area contributed by atoms with Crippen molar-refractivity contribution in [2.24, 2.45) is 0 Å². The van der Waals surface area contributed by atoms with Gasteiger partial charge in [-0.15, -0.1) is 0 Å². The Morgan fingerprint density at radius 2 is 2.00 bits per heavy atom. The number of hydrogen-bond donors (Lipinski definition) is 1. The minimum atomic E-state index is -0.0765. The fraction of sp³-hybridized carbons (Fsp3) is 0.684. The first kappa shape index (κ1) is 20.2. The van der Waals surface area contributed by atoms with Crippen LogP contribution in [0.1, 0.15) is 43.5 Å². The summed E-state index contributed by atoms with van der Waals surface area (Å²) in [7, 11) is 3.49. The smallest absolute Gasteiger partial charge is 0.319 e. The maximum Gasteiger partial charge on any atom is 0.319 e. The molecule has 3 rings (SSSR count). The second-order valence-corrected chi connectivity index (χ2v) is 7.67. The van der Waals surface area contributed by atoms with Crippen molar-refractivity contribution in [2.45, 2.75) is 51.7 Å². The molecule has 1 fully saturated rings. The SMILES string of the molecule is CN(C)C(=O)N1CCn2nc(CNC(=O)CCN3CCCCCC3=O)cc2C1. The molecule has 0 atom stereocenters. The highest BCUT2D eigenvalue weighted by Crippen LogP contribution is 2.15. The summed E-state index contributed by atoms with van der Waals surface area (Å²) in [6.07, 6.45) is 3.95. The molecule has 1 N–H and O–H groups in total. The molecule has 1 aromatic heterocycles. The Kier molecular flexibility index (Phi) is 6.53. The van der Waals surface area contributed by atoms with Gasteiger partial charge in [0.2, 0.25) is 11.8 Å². The molecular formula is C19H30N6O3. The van der Waals surface area contributed by atoms with E-state index >= 15 is 0 Å². The number of amides is 4. The van der Waals surface area contributed by atoms with E-state index in [1.165, 1.54) is 0 Å². The first-order valence-corrected chi connectivity index (χ1v) is 10.0. The molecule has 0 aromatic carbocycles. The van der Waals surface area contributed by atoms with Gasteiger partial charge >= 0.3 is 6.03 Å². The predicted molar refractivity (Wildman–Crippen MR) is 103 cm³/mol. The molecule has 2 aliphatic rings. The summed E-state index contributed by atoms with van der Waals surface area (Å²) in [5.74, 6) is 0.0799. The van der Waals surface area contributed by atoms with E-state index in [2.05, 4.69) is 10.4 Å². The van der Waals surface area contributed by atoms with Crippen LogP contribution in [0.2, 0.25) is 0 Å². The number of nitrogens with zero attached hydrogens (tertiary/aromatic N) is 5. The van der Waals surface area contributed by atoms with E-state index in [-0.39, 0.29) is 17.8 Å². The van der Waals surface area contributed by atoms with Crippen molar-refractivity contribution in [3.05, 3.63) is 17.5 Å². The maximum atomic E-state index is 12.2. The number of fused-ring (bicyclic) bond motifs is 1. The van der Waals surface area contributed by atoms with Crippen LogP contribution in [0.4, 0.5) is 4.79 Å². The van der Waals surface area contributed by atoms with Crippen LogP contribution in [0.5, 0.6) is 0 Å². The predicted octanol–water partition coefficient (Wildman–Crippen LogP) is 0.789. The summed E-state index contributed by atoms with van der Waals surface area (Å²) in [5, 5.41) is 7.41. The van der Waals surface area contributed by atoms with Crippen molar-refractivity contribution in [1.29, 1.82) is 0 Å². The molecule has 0 radical (unpaired) electrons. The Labute approximate surface area is 165 Å². The molecule has 0 spiro atoms. The van der Waals surface area contributed by atoms with Crippen molar-refractivity contribution in [2.75, 3.05) is 33.7 Å². The van der Waals surface area contributed by atoms with E-state index in [0.717, 1.165) is 37.2 Å². The van der Waals surface area contributed by atoms with Gasteiger partial charge in [0.15, 0.2) is 0 Å². The quantitative estimate of drug-likeness (QED) is 0.805. The molecule has 0 aliphatic carbocycles. The van der Waals surface area contributed by atoms with Gasteiger partial charge in [-0.1, -0.05) is 6.42 Å². The topological polar surface area (TPSA) is 90.8 Å². The fourth-order valence-electron chi connectivity index (χ4n) is 3.65. The zero-order chi connectivity index (χ0) is 20.1. The van der Waals surface area contributed by atoms with E-state index in [9.17, 15) is 14.4 Å². The van der Waals surface area contributed by atoms with E-state index in [0.29, 0.717) is 45.6 Å². The summed E-state index contributed by atoms with van der Waals surface area (Å²) < 4.78 is 1.90. The van der Waals surface area contributed by atoms with Crippen molar-refractivity contribution in [3.63, 3.8) is 0 Å². The largest absolute Gasteiger partial charge is 0.350 e. The zero-order valence-electron chi connectivity index (χ0n) is 16.8. The summed E-state index contributed by atoms with van der Waals surface area (Å²) in [6, 6.07) is 1.93. The molecule has 154 valence electrons. The highest BCUT2D eigenvalue weighted by atomic mass is 16.2. The molecule has 0 saturated carbocycles. The van der Waals surface area contributed by atoms with Gasteiger partial charge < -0.3 is 20.0 Å². The Morgan fingerprint density at radius 1 is 1.18 bits per heavy atom. The van der Waals surface area contributed by atoms with Crippen LogP contribution < -0.4 is 5.32 Å². The van der Waals surface area contributed by atoms with Gasteiger partial charge in [0.25, 0.3) is 0 Å². The van der Waals surface area contributed by atoms with Crippen LogP contribution >= 0.6 is 0 Å². The van der Waals surface area contributed by atoms with E-state index in [1.54, 1.807) is 28.8 Å². The van der Waals surface area contributed by atoms with Crippen LogP contribution in [0.15, 0.2) is 6.07 Å². The van der Waals surface area contributed by atoms with E-state index in [1.807, 2.05) is 10.7 Å². The molecule has 4 amide bonds. The number of carbonyl (C=O) groups excluding carboxylic acids is 3. The summed E-state index contributed by atoms with van der Waals surface area (Å²) >= 11 is 0. The third-order valence-electron chi connectivity index (χ3n) is 5.25. The van der Waals surface area contributed by atoms with E-state index < -0.39 is 0 Å². The molecule has 0 bridgehead atoms. The molecule has 2 aliphatic heterocycles. The van der Waals surface area contributed by atoms with Crippen LogP contribution in [0, 0.1) is 0 Å². The van der Waals surface area contributed by atoms with Gasteiger partial charge in [0, 0.05) is 46.6 Å². The van der Waals surface area contributed by atoms with Gasteiger partial charge in [0.05, 0.1) is 31.0 Å². The third kappa shape index (κ3) is 5.02. The first-order chi connectivity index (χ1) is 13.4. The number of urea groups is 1. The minimum absolute atomic E-state index is 0.00892. The maximum absolute atomic E-state index is 12.2. The lowest BCUT2D eigenvalue weighted by Gasteiger charge is -2.29. The lowest BCUT2D eigenvalue weighted by atomic mass is 10.2. The molecule has 0 unspecified atom stereocenters. The second-order valence-electron chi connectivity index (χ2n) is 7.67. The standard InChI is InChI=1S/C19H30N6O3/c1-22(2)19(28)24-10-11-25-16(14-24)12-15(21-25)13-20-17(26)7-9-23-8-5-3-4-6-18(23)27/h12H,3-11,13-14H2,1-2H3,(H,20,26). The minimum Gasteiger partial charge on any atom is -0.350 e. The van der Waals surface area contributed by atoms with Gasteiger partial charge in [-0.25, -0.2) is 4.79 Å². The summed E-state index contributed by atoms with van der Waals surface area (Å²) in [6.45, 7) is 3.39. The average molecular weight is 390 g/mol. The number of nitrogens with one attached hydrogen (secondary N) is 1. The Balaban J connectivity index is 1.46. The van der Waals surface area contributed by atoms with Crippen LogP contribution in [-0.4, -0.2) is 76.1 Å². The molecule has 3 heterocycles. The molecule has 9 heteroatoms. The lowest BCUT2D eigenvalue weighted by molar-refractivity contribution is -0.131. The number of carbonyl (C=O) groups is 3. The number of aromatic nitrogens is 2. The average Bonchev–Trinajstić information content (AvgIpc) is 2.98. The van der Waals surface area contributed by atoms with Crippen LogP contribution in [0.25, 0.3) is 0 Å². The van der Waals surface area contributed by atoms with Gasteiger partial charge in [-0.2, -0.15) is 5.10 Å². The van der Waals surface area contributed by atoms with Crippen LogP contribution in [0.3, 0.4) is 0 Å². The van der Waals surface area contributed by atoms with Gasteiger partial charge in [-0.3, -0.25) is 14.3 Å². The molecule has 28 heavy (non-hydrogen) atoms. The van der Waals surface area contributed by atoms with Crippen molar-refractivity contribution >= 4 is 17.8 Å². The normalized spacial score (nSPS) is 17.1. The Morgan fingerprint density at radius 3 is 2.79 bits per heavy atom. The summed E-state index contributed by atoms with van der Waals surface area (Å²) in [4.78, 5) is 41.4. The Hall–Kier alpha value is -2.58. The van der Waals surface area contributed by atoms with E-state index in [4.69, 9.17) is 0 Å². The van der Waals surface area contributed by atoms with Crippen molar-refractivity contribution in [1.82, 2.24) is 29.8 Å². The third-order valence-corrected chi connectivity index (χ3v) is 5.25. The highest BCUT2D eigenvalue weighted by molar-refractivity contribution is 5.79. The van der Waals surface area contributed by atoms with Crippen molar-refractivity contribution in [3.8, 4) is 0 Å². The Bertz CT molecular complexity index is 729. The molecule has 9 nitrogen and oxygen atoms in total. The number of hydrogen-bond acceptors (Lipinski definition) is 4. The van der Waals surface area contributed by atoms with Gasteiger partial charge in [-0.05, 0) is 18.9 Å². The monoisotopic (exact) mass is 390 g/mol.